The van der Waals surface area contributed by atoms with Crippen LogP contribution in [0.1, 0.15) is 28.8 Å². The summed E-state index contributed by atoms with van der Waals surface area (Å²) < 4.78 is 0. The summed E-state index contributed by atoms with van der Waals surface area (Å²) in [7, 11) is 0. The second-order valence-corrected chi connectivity index (χ2v) is 4.72. The average Bonchev–Trinajstić information content (AvgIpc) is 3.12. The van der Waals surface area contributed by atoms with Crippen LogP contribution in [0.25, 0.3) is 0 Å². The van der Waals surface area contributed by atoms with Crippen LogP contribution in [0.3, 0.4) is 0 Å². The number of anilines is 1. The first-order valence-corrected chi connectivity index (χ1v) is 5.89. The lowest BCUT2D eigenvalue weighted by Gasteiger charge is -2.14. The number of carboxylic acids is 1. The molecule has 0 spiro atoms. The Balaban J connectivity index is 2.15. The number of amides is 1. The quantitative estimate of drug-likeness (QED) is 0.697. The molecule has 1 aliphatic rings. The van der Waals surface area contributed by atoms with E-state index >= 15 is 0 Å². The lowest BCUT2D eigenvalue weighted by Crippen LogP contribution is -2.42. The van der Waals surface area contributed by atoms with Gasteiger partial charge in [0.1, 0.15) is 6.04 Å². The monoisotopic (exact) mass is 248 g/mol. The summed E-state index contributed by atoms with van der Waals surface area (Å²) in [6.07, 6.45) is 1.70. The summed E-state index contributed by atoms with van der Waals surface area (Å²) in [6, 6.07) is 4.31. The number of rotatable bonds is 4. The third-order valence-electron chi connectivity index (χ3n) is 3.10. The molecular weight excluding hydrogens is 232 g/mol. The Bertz CT molecular complexity index is 495. The van der Waals surface area contributed by atoms with Crippen molar-refractivity contribution in [1.29, 1.82) is 0 Å². The predicted molar refractivity (Wildman–Crippen MR) is 67.2 cm³/mol. The molecule has 0 aromatic heterocycles. The minimum absolute atomic E-state index is 0.0532. The fraction of sp³-hybridized carbons (Fsp3) is 0.385. The van der Waals surface area contributed by atoms with E-state index in [2.05, 4.69) is 5.32 Å². The minimum Gasteiger partial charge on any atom is -0.480 e. The first-order chi connectivity index (χ1) is 8.49. The predicted octanol–water partition coefficient (Wildman–Crippen LogP) is 1.17. The molecule has 0 bridgehead atoms. The molecule has 18 heavy (non-hydrogen) atoms. The van der Waals surface area contributed by atoms with Gasteiger partial charge in [0.25, 0.3) is 5.91 Å². The number of hydrogen-bond donors (Lipinski definition) is 3. The molecule has 1 aromatic rings. The van der Waals surface area contributed by atoms with Gasteiger partial charge in [-0.05, 0) is 37.8 Å². The summed E-state index contributed by atoms with van der Waals surface area (Å²) in [5, 5.41) is 11.6. The van der Waals surface area contributed by atoms with E-state index in [1.807, 2.05) is 13.0 Å². The summed E-state index contributed by atoms with van der Waals surface area (Å²) in [5.41, 5.74) is 7.33. The Morgan fingerprint density at radius 3 is 2.67 bits per heavy atom. The second-order valence-electron chi connectivity index (χ2n) is 4.72. The maximum absolute atomic E-state index is 12.0. The largest absolute Gasteiger partial charge is 0.480 e. The third kappa shape index (κ3) is 2.61. The molecule has 1 aromatic carbocycles. The number of nitrogens with one attached hydrogen (secondary N) is 1. The van der Waals surface area contributed by atoms with Crippen LogP contribution in [0.4, 0.5) is 5.69 Å². The molecule has 1 unspecified atom stereocenters. The molecule has 1 aliphatic carbocycles. The van der Waals surface area contributed by atoms with Crippen molar-refractivity contribution in [3.8, 4) is 0 Å². The summed E-state index contributed by atoms with van der Waals surface area (Å²) >= 11 is 0. The highest BCUT2D eigenvalue weighted by Gasteiger charge is 2.37. The van der Waals surface area contributed by atoms with Gasteiger partial charge in [0.05, 0.1) is 5.56 Å². The summed E-state index contributed by atoms with van der Waals surface area (Å²) in [4.78, 5) is 23.1. The fourth-order valence-electron chi connectivity index (χ4n) is 1.90. The van der Waals surface area contributed by atoms with Gasteiger partial charge in [-0.25, -0.2) is 4.79 Å². The van der Waals surface area contributed by atoms with Crippen LogP contribution in [-0.2, 0) is 4.79 Å². The smallest absolute Gasteiger partial charge is 0.326 e. The molecular formula is C13H16N2O3. The molecule has 1 atom stereocenters. The van der Waals surface area contributed by atoms with Gasteiger partial charge in [-0.3, -0.25) is 4.79 Å². The minimum atomic E-state index is -0.989. The van der Waals surface area contributed by atoms with Crippen LogP contribution < -0.4 is 11.1 Å². The second kappa shape index (κ2) is 4.68. The lowest BCUT2D eigenvalue weighted by atomic mass is 10.1. The van der Waals surface area contributed by atoms with Crippen molar-refractivity contribution >= 4 is 17.6 Å². The fourth-order valence-corrected chi connectivity index (χ4v) is 1.90. The van der Waals surface area contributed by atoms with Crippen molar-refractivity contribution in [2.24, 2.45) is 5.92 Å². The van der Waals surface area contributed by atoms with Crippen LogP contribution in [0.2, 0.25) is 0 Å². The Hall–Kier alpha value is -2.04. The van der Waals surface area contributed by atoms with Gasteiger partial charge in [-0.2, -0.15) is 0 Å². The molecule has 5 heteroatoms. The lowest BCUT2D eigenvalue weighted by molar-refractivity contribution is -0.139. The molecule has 1 amide bonds. The van der Waals surface area contributed by atoms with Gasteiger partial charge in [0.15, 0.2) is 0 Å². The van der Waals surface area contributed by atoms with Crippen LogP contribution in [0.5, 0.6) is 0 Å². The Morgan fingerprint density at radius 2 is 2.11 bits per heavy atom. The van der Waals surface area contributed by atoms with E-state index in [0.717, 1.165) is 18.4 Å². The van der Waals surface area contributed by atoms with Gasteiger partial charge in [0, 0.05) is 5.69 Å². The van der Waals surface area contributed by atoms with Crippen molar-refractivity contribution < 1.29 is 14.7 Å². The van der Waals surface area contributed by atoms with Crippen LogP contribution in [0.15, 0.2) is 18.2 Å². The molecule has 1 fully saturated rings. The number of aliphatic carboxylic acids is 1. The van der Waals surface area contributed by atoms with Gasteiger partial charge < -0.3 is 16.2 Å². The van der Waals surface area contributed by atoms with Crippen LogP contribution in [0, 0.1) is 12.8 Å². The Labute approximate surface area is 105 Å². The van der Waals surface area contributed by atoms with E-state index in [-0.39, 0.29) is 5.92 Å². The number of carbonyl (C=O) groups excluding carboxylic acids is 1. The van der Waals surface area contributed by atoms with Crippen molar-refractivity contribution in [3.63, 3.8) is 0 Å². The number of hydrogen-bond acceptors (Lipinski definition) is 3. The topological polar surface area (TPSA) is 92.4 Å². The molecule has 2 rings (SSSR count). The van der Waals surface area contributed by atoms with Crippen molar-refractivity contribution in [2.45, 2.75) is 25.8 Å². The number of carboxylic acid groups (broad SMARTS) is 1. The summed E-state index contributed by atoms with van der Waals surface area (Å²) in [6.45, 7) is 1.85. The van der Waals surface area contributed by atoms with E-state index in [1.165, 1.54) is 0 Å². The molecule has 5 nitrogen and oxygen atoms in total. The summed E-state index contributed by atoms with van der Waals surface area (Å²) in [5.74, 6) is -1.36. The maximum atomic E-state index is 12.0. The van der Waals surface area contributed by atoms with Gasteiger partial charge in [0.2, 0.25) is 0 Å². The highest BCUT2D eigenvalue weighted by Crippen LogP contribution is 2.33. The molecule has 1 saturated carbocycles. The van der Waals surface area contributed by atoms with Crippen molar-refractivity contribution in [1.82, 2.24) is 5.32 Å². The van der Waals surface area contributed by atoms with E-state index in [1.54, 1.807) is 12.1 Å². The van der Waals surface area contributed by atoms with Crippen LogP contribution in [-0.4, -0.2) is 23.0 Å². The zero-order chi connectivity index (χ0) is 13.3. The highest BCUT2D eigenvalue weighted by atomic mass is 16.4. The van der Waals surface area contributed by atoms with Crippen molar-refractivity contribution in [3.05, 3.63) is 29.3 Å². The first kappa shape index (κ1) is 12.4. The molecule has 0 heterocycles. The maximum Gasteiger partial charge on any atom is 0.326 e. The molecule has 96 valence electrons. The standard InChI is InChI=1S/C13H16N2O3/c1-7-2-5-10(14)9(6-7)12(16)15-11(13(17)18)8-3-4-8/h2,5-6,8,11H,3-4,14H2,1H3,(H,15,16)(H,17,18). The molecule has 0 radical (unpaired) electrons. The molecule has 4 N–H and O–H groups in total. The van der Waals surface area contributed by atoms with Crippen LogP contribution >= 0.6 is 0 Å². The van der Waals surface area contributed by atoms with Gasteiger partial charge in [-0.1, -0.05) is 11.6 Å². The Kier molecular flexibility index (Phi) is 3.23. The third-order valence-corrected chi connectivity index (χ3v) is 3.10. The number of benzene rings is 1. The zero-order valence-electron chi connectivity index (χ0n) is 10.1. The van der Waals surface area contributed by atoms with Gasteiger partial charge >= 0.3 is 5.97 Å². The van der Waals surface area contributed by atoms with E-state index in [4.69, 9.17) is 10.8 Å². The van der Waals surface area contributed by atoms with E-state index < -0.39 is 17.9 Å². The molecule has 0 aliphatic heterocycles. The number of nitrogen functional groups attached to an aromatic ring is 1. The highest BCUT2D eigenvalue weighted by molar-refractivity contribution is 6.01. The number of nitrogens with two attached hydrogens (primary N) is 1. The van der Waals surface area contributed by atoms with E-state index in [0.29, 0.717) is 11.3 Å². The van der Waals surface area contributed by atoms with E-state index in [9.17, 15) is 9.59 Å². The van der Waals surface area contributed by atoms with Gasteiger partial charge in [-0.15, -0.1) is 0 Å². The van der Waals surface area contributed by atoms with Crippen molar-refractivity contribution in [2.75, 3.05) is 5.73 Å². The number of carbonyl (C=O) groups is 2. The first-order valence-electron chi connectivity index (χ1n) is 5.89. The normalized spacial score (nSPS) is 16.1. The average molecular weight is 248 g/mol. The SMILES string of the molecule is Cc1ccc(N)c(C(=O)NC(C(=O)O)C2CC2)c1. The number of aryl methyl sites for hydroxylation is 1. The Morgan fingerprint density at radius 1 is 1.44 bits per heavy atom. The zero-order valence-corrected chi connectivity index (χ0v) is 10.1. The molecule has 0 saturated heterocycles.